The lowest BCUT2D eigenvalue weighted by Crippen LogP contribution is -2.11. The van der Waals surface area contributed by atoms with Crippen molar-refractivity contribution >= 4 is 17.7 Å². The SMILES string of the molecule is CCCNc1nc(SCCO)nc(-n2cccn2)n1. The van der Waals surface area contributed by atoms with Gasteiger partial charge >= 0.3 is 0 Å². The fourth-order valence-electron chi connectivity index (χ4n) is 1.35. The van der Waals surface area contributed by atoms with Crippen molar-refractivity contribution in [2.45, 2.75) is 18.5 Å². The second-order valence-corrected chi connectivity index (χ2v) is 4.75. The molecule has 0 spiro atoms. The van der Waals surface area contributed by atoms with Crippen LogP contribution in [0.2, 0.25) is 0 Å². The summed E-state index contributed by atoms with van der Waals surface area (Å²) in [6.07, 6.45) is 4.44. The first-order valence-electron chi connectivity index (χ1n) is 6.07. The Kier molecular flexibility index (Phi) is 5.10. The summed E-state index contributed by atoms with van der Waals surface area (Å²) in [7, 11) is 0. The van der Waals surface area contributed by atoms with Crippen LogP contribution in [-0.4, -0.2) is 48.7 Å². The summed E-state index contributed by atoms with van der Waals surface area (Å²) in [5, 5.41) is 16.7. The summed E-state index contributed by atoms with van der Waals surface area (Å²) in [5.41, 5.74) is 0. The molecule has 0 saturated heterocycles. The van der Waals surface area contributed by atoms with E-state index < -0.39 is 0 Å². The van der Waals surface area contributed by atoms with Gasteiger partial charge in [0, 0.05) is 24.7 Å². The number of nitrogens with one attached hydrogen (secondary N) is 1. The molecule has 0 unspecified atom stereocenters. The molecule has 19 heavy (non-hydrogen) atoms. The highest BCUT2D eigenvalue weighted by atomic mass is 32.2. The first-order chi connectivity index (χ1) is 9.33. The maximum atomic E-state index is 8.87. The summed E-state index contributed by atoms with van der Waals surface area (Å²) >= 11 is 1.39. The summed E-state index contributed by atoms with van der Waals surface area (Å²) in [6, 6.07) is 1.81. The van der Waals surface area contributed by atoms with Gasteiger partial charge in [-0.15, -0.1) is 0 Å². The van der Waals surface area contributed by atoms with Crippen molar-refractivity contribution in [1.82, 2.24) is 24.7 Å². The zero-order valence-electron chi connectivity index (χ0n) is 10.7. The normalized spacial score (nSPS) is 10.6. The number of aromatic nitrogens is 5. The molecular weight excluding hydrogens is 264 g/mol. The Morgan fingerprint density at radius 3 is 2.95 bits per heavy atom. The number of nitrogens with zero attached hydrogens (tertiary/aromatic N) is 5. The molecule has 2 heterocycles. The van der Waals surface area contributed by atoms with Crippen molar-refractivity contribution in [2.24, 2.45) is 0 Å². The smallest absolute Gasteiger partial charge is 0.256 e. The van der Waals surface area contributed by atoms with E-state index in [0.717, 1.165) is 13.0 Å². The molecule has 0 radical (unpaired) electrons. The van der Waals surface area contributed by atoms with Crippen LogP contribution in [0, 0.1) is 0 Å². The third kappa shape index (κ3) is 3.90. The Morgan fingerprint density at radius 1 is 1.37 bits per heavy atom. The Labute approximate surface area is 115 Å². The second kappa shape index (κ2) is 7.05. The maximum absolute atomic E-state index is 8.87. The third-order valence-corrected chi connectivity index (χ3v) is 3.00. The topological polar surface area (TPSA) is 88.8 Å². The Balaban J connectivity index is 2.25. The fraction of sp³-hybridized carbons (Fsp3) is 0.455. The van der Waals surface area contributed by atoms with Crippen LogP contribution in [0.4, 0.5) is 5.95 Å². The predicted molar refractivity (Wildman–Crippen MR) is 73.5 cm³/mol. The van der Waals surface area contributed by atoms with Crippen LogP contribution < -0.4 is 5.32 Å². The highest BCUT2D eigenvalue weighted by Crippen LogP contribution is 2.15. The maximum Gasteiger partial charge on any atom is 0.256 e. The van der Waals surface area contributed by atoms with Crippen molar-refractivity contribution in [3.8, 4) is 5.95 Å². The van der Waals surface area contributed by atoms with Crippen LogP contribution in [0.15, 0.2) is 23.6 Å². The first kappa shape index (κ1) is 13.8. The molecule has 2 aromatic heterocycles. The van der Waals surface area contributed by atoms with E-state index in [0.29, 0.717) is 22.8 Å². The molecule has 0 atom stereocenters. The average Bonchev–Trinajstić information content (AvgIpc) is 2.97. The fourth-order valence-corrected chi connectivity index (χ4v) is 1.92. The van der Waals surface area contributed by atoms with Crippen molar-refractivity contribution < 1.29 is 5.11 Å². The van der Waals surface area contributed by atoms with Crippen molar-refractivity contribution in [1.29, 1.82) is 0 Å². The second-order valence-electron chi connectivity index (χ2n) is 3.69. The minimum Gasteiger partial charge on any atom is -0.396 e. The number of thioether (sulfide) groups is 1. The monoisotopic (exact) mass is 280 g/mol. The number of hydrogen-bond donors (Lipinski definition) is 2. The third-order valence-electron chi connectivity index (χ3n) is 2.17. The lowest BCUT2D eigenvalue weighted by atomic mass is 10.5. The molecule has 0 aliphatic rings. The van der Waals surface area contributed by atoms with Gasteiger partial charge in [0.1, 0.15) is 0 Å². The van der Waals surface area contributed by atoms with E-state index in [1.165, 1.54) is 11.8 Å². The van der Waals surface area contributed by atoms with Gasteiger partial charge in [0.15, 0.2) is 5.16 Å². The number of hydrogen-bond acceptors (Lipinski definition) is 7. The van der Waals surface area contributed by atoms with E-state index >= 15 is 0 Å². The number of anilines is 1. The average molecular weight is 280 g/mol. The van der Waals surface area contributed by atoms with Crippen LogP contribution in [0.25, 0.3) is 5.95 Å². The van der Waals surface area contributed by atoms with Crippen LogP contribution >= 0.6 is 11.8 Å². The summed E-state index contributed by atoms with van der Waals surface area (Å²) in [4.78, 5) is 12.9. The highest BCUT2D eigenvalue weighted by molar-refractivity contribution is 7.99. The van der Waals surface area contributed by atoms with Crippen LogP contribution in [-0.2, 0) is 0 Å². The molecule has 8 heteroatoms. The van der Waals surface area contributed by atoms with E-state index in [9.17, 15) is 0 Å². The molecular formula is C11H16N6OS. The molecule has 0 aliphatic heterocycles. The number of aliphatic hydroxyl groups is 1. The molecule has 102 valence electrons. The molecule has 0 aromatic carbocycles. The highest BCUT2D eigenvalue weighted by Gasteiger charge is 2.08. The zero-order chi connectivity index (χ0) is 13.5. The van der Waals surface area contributed by atoms with E-state index in [1.807, 2.05) is 6.07 Å². The van der Waals surface area contributed by atoms with E-state index in [-0.39, 0.29) is 6.61 Å². The first-order valence-corrected chi connectivity index (χ1v) is 7.05. The van der Waals surface area contributed by atoms with Gasteiger partial charge < -0.3 is 10.4 Å². The molecule has 0 fully saturated rings. The summed E-state index contributed by atoms with van der Waals surface area (Å²) in [6.45, 7) is 2.96. The van der Waals surface area contributed by atoms with Gasteiger partial charge in [0.2, 0.25) is 5.95 Å². The van der Waals surface area contributed by atoms with Gasteiger partial charge in [-0.2, -0.15) is 20.1 Å². The molecule has 0 bridgehead atoms. The van der Waals surface area contributed by atoms with E-state index in [4.69, 9.17) is 5.11 Å². The lowest BCUT2D eigenvalue weighted by molar-refractivity contribution is 0.322. The number of rotatable bonds is 7. The Hall–Kier alpha value is -1.67. The van der Waals surface area contributed by atoms with Gasteiger partial charge in [-0.25, -0.2) is 4.68 Å². The Bertz CT molecular complexity index is 478. The zero-order valence-corrected chi connectivity index (χ0v) is 11.5. The molecule has 2 rings (SSSR count). The summed E-state index contributed by atoms with van der Waals surface area (Å²) in [5.74, 6) is 1.55. The van der Waals surface area contributed by atoms with E-state index in [2.05, 4.69) is 32.3 Å². The predicted octanol–water partition coefficient (Wildman–Crippen LogP) is 0.964. The molecule has 2 N–H and O–H groups in total. The standard InChI is InChI=1S/C11H16N6OS/c1-2-4-12-9-14-10(17-6-3-5-13-17)16-11(15-9)19-8-7-18/h3,5-6,18H,2,4,7-8H2,1H3,(H,12,14,15,16). The van der Waals surface area contributed by atoms with Crippen molar-refractivity contribution in [3.05, 3.63) is 18.5 Å². The molecule has 0 saturated carbocycles. The quantitative estimate of drug-likeness (QED) is 0.730. The van der Waals surface area contributed by atoms with Crippen LogP contribution in [0.5, 0.6) is 0 Å². The minimum absolute atomic E-state index is 0.0885. The molecule has 0 amide bonds. The largest absolute Gasteiger partial charge is 0.396 e. The summed E-state index contributed by atoms with van der Waals surface area (Å²) < 4.78 is 1.59. The Morgan fingerprint density at radius 2 is 2.26 bits per heavy atom. The van der Waals surface area contributed by atoms with Gasteiger partial charge in [-0.1, -0.05) is 18.7 Å². The number of aliphatic hydroxyl groups excluding tert-OH is 1. The van der Waals surface area contributed by atoms with E-state index in [1.54, 1.807) is 17.1 Å². The van der Waals surface area contributed by atoms with Crippen LogP contribution in [0.1, 0.15) is 13.3 Å². The molecule has 2 aromatic rings. The lowest BCUT2D eigenvalue weighted by Gasteiger charge is -2.07. The minimum atomic E-state index is 0.0885. The van der Waals surface area contributed by atoms with Crippen LogP contribution in [0.3, 0.4) is 0 Å². The van der Waals surface area contributed by atoms with Gasteiger partial charge in [-0.3, -0.25) is 0 Å². The van der Waals surface area contributed by atoms with Crippen molar-refractivity contribution in [2.75, 3.05) is 24.2 Å². The molecule has 7 nitrogen and oxygen atoms in total. The van der Waals surface area contributed by atoms with Gasteiger partial charge in [0.25, 0.3) is 5.95 Å². The molecule has 0 aliphatic carbocycles. The van der Waals surface area contributed by atoms with Crippen molar-refractivity contribution in [3.63, 3.8) is 0 Å². The van der Waals surface area contributed by atoms with Gasteiger partial charge in [-0.05, 0) is 12.5 Å². The van der Waals surface area contributed by atoms with Gasteiger partial charge in [0.05, 0.1) is 6.61 Å².